The quantitative estimate of drug-likeness (QED) is 0.786. The highest BCUT2D eigenvalue weighted by Crippen LogP contribution is 2.08. The summed E-state index contributed by atoms with van der Waals surface area (Å²) in [7, 11) is 0. The molecule has 0 radical (unpaired) electrons. The van der Waals surface area contributed by atoms with Gasteiger partial charge in [-0.25, -0.2) is 0 Å². The van der Waals surface area contributed by atoms with E-state index in [1.165, 1.54) is 5.56 Å². The van der Waals surface area contributed by atoms with Crippen LogP contribution in [0.5, 0.6) is 0 Å². The Bertz CT molecular complexity index is 282. The monoisotopic (exact) mass is 212 g/mol. The summed E-state index contributed by atoms with van der Waals surface area (Å²) in [5, 5.41) is 6.99. The van der Waals surface area contributed by atoms with Crippen molar-refractivity contribution in [1.82, 2.24) is 5.32 Å². The zero-order valence-corrected chi connectivity index (χ0v) is 9.30. The predicted molar refractivity (Wildman–Crippen MR) is 59.3 cm³/mol. The Kier molecular flexibility index (Phi) is 4.10. The van der Waals surface area contributed by atoms with Gasteiger partial charge in [-0.3, -0.25) is 4.79 Å². The van der Waals surface area contributed by atoms with Crippen LogP contribution in [0, 0.1) is 0 Å². The van der Waals surface area contributed by atoms with E-state index in [9.17, 15) is 4.79 Å². The van der Waals surface area contributed by atoms with Crippen molar-refractivity contribution in [3.05, 3.63) is 22.4 Å². The number of carbonyl (C=O) groups excluding carboxylic acids is 1. The zero-order chi connectivity index (χ0) is 10.6. The van der Waals surface area contributed by atoms with Gasteiger partial charge in [0, 0.05) is 6.04 Å². The molecule has 0 aromatic carbocycles. The van der Waals surface area contributed by atoms with Crippen LogP contribution in [0.15, 0.2) is 16.8 Å². The standard InChI is InChI=1S/C10H16N2OS/c1-7(12-10(13)8(2)11)5-9-3-4-14-6-9/h3-4,6-8H,5,11H2,1-2H3,(H,12,13)/t7?,8-/m1/s1. The zero-order valence-electron chi connectivity index (χ0n) is 8.49. The van der Waals surface area contributed by atoms with Gasteiger partial charge in [0.1, 0.15) is 0 Å². The van der Waals surface area contributed by atoms with E-state index < -0.39 is 6.04 Å². The van der Waals surface area contributed by atoms with Crippen molar-refractivity contribution in [2.75, 3.05) is 0 Å². The number of amides is 1. The predicted octanol–water partition coefficient (Wildman–Crippen LogP) is 1.14. The largest absolute Gasteiger partial charge is 0.352 e. The molecule has 1 heterocycles. The van der Waals surface area contributed by atoms with Gasteiger partial charge in [0.05, 0.1) is 6.04 Å². The molecule has 0 aliphatic carbocycles. The van der Waals surface area contributed by atoms with E-state index in [1.54, 1.807) is 18.3 Å². The van der Waals surface area contributed by atoms with E-state index in [-0.39, 0.29) is 11.9 Å². The molecule has 1 aromatic heterocycles. The topological polar surface area (TPSA) is 55.1 Å². The van der Waals surface area contributed by atoms with Crippen molar-refractivity contribution in [2.24, 2.45) is 5.73 Å². The lowest BCUT2D eigenvalue weighted by Crippen LogP contribution is -2.43. The lowest BCUT2D eigenvalue weighted by atomic mass is 10.1. The third-order valence-electron chi connectivity index (χ3n) is 1.92. The summed E-state index contributed by atoms with van der Waals surface area (Å²) >= 11 is 1.67. The van der Waals surface area contributed by atoms with Gasteiger partial charge in [-0.05, 0) is 42.7 Å². The number of rotatable bonds is 4. The number of nitrogens with two attached hydrogens (primary N) is 1. The fraction of sp³-hybridized carbons (Fsp3) is 0.500. The lowest BCUT2D eigenvalue weighted by Gasteiger charge is -2.14. The highest BCUT2D eigenvalue weighted by atomic mass is 32.1. The van der Waals surface area contributed by atoms with Crippen LogP contribution in [0.2, 0.25) is 0 Å². The first-order chi connectivity index (χ1) is 6.59. The van der Waals surface area contributed by atoms with E-state index >= 15 is 0 Å². The Labute approximate surface area is 88.3 Å². The summed E-state index contributed by atoms with van der Waals surface area (Å²) in [6.45, 7) is 3.67. The second-order valence-corrected chi connectivity index (χ2v) is 4.31. The Morgan fingerprint density at radius 2 is 2.36 bits per heavy atom. The molecule has 1 rings (SSSR count). The molecule has 0 saturated heterocycles. The second kappa shape index (κ2) is 5.12. The van der Waals surface area contributed by atoms with Gasteiger partial charge >= 0.3 is 0 Å². The number of hydrogen-bond acceptors (Lipinski definition) is 3. The van der Waals surface area contributed by atoms with Crippen LogP contribution in [0.25, 0.3) is 0 Å². The fourth-order valence-electron chi connectivity index (χ4n) is 1.19. The van der Waals surface area contributed by atoms with E-state index in [1.807, 2.05) is 12.3 Å². The van der Waals surface area contributed by atoms with E-state index in [0.29, 0.717) is 0 Å². The molecule has 0 aliphatic heterocycles. The SMILES string of the molecule is CC(Cc1ccsc1)NC(=O)[C@@H](C)N. The average molecular weight is 212 g/mol. The minimum absolute atomic E-state index is 0.0901. The van der Waals surface area contributed by atoms with Gasteiger partial charge < -0.3 is 11.1 Å². The third-order valence-corrected chi connectivity index (χ3v) is 2.66. The Balaban J connectivity index is 2.36. The summed E-state index contributed by atoms with van der Waals surface area (Å²) < 4.78 is 0. The van der Waals surface area contributed by atoms with Crippen molar-refractivity contribution in [1.29, 1.82) is 0 Å². The van der Waals surface area contributed by atoms with Crippen molar-refractivity contribution in [3.8, 4) is 0 Å². The molecule has 1 unspecified atom stereocenters. The molecule has 0 bridgehead atoms. The van der Waals surface area contributed by atoms with Crippen LogP contribution in [0.3, 0.4) is 0 Å². The van der Waals surface area contributed by atoms with Crippen LogP contribution < -0.4 is 11.1 Å². The number of nitrogens with one attached hydrogen (secondary N) is 1. The molecule has 2 atom stereocenters. The van der Waals surface area contributed by atoms with E-state index in [2.05, 4.69) is 16.8 Å². The minimum atomic E-state index is -0.431. The van der Waals surface area contributed by atoms with Crippen LogP contribution in [0.1, 0.15) is 19.4 Å². The molecule has 3 N–H and O–H groups in total. The molecule has 0 saturated carbocycles. The maximum Gasteiger partial charge on any atom is 0.236 e. The van der Waals surface area contributed by atoms with Crippen LogP contribution in [0.4, 0.5) is 0 Å². The molecule has 0 aliphatic rings. The smallest absolute Gasteiger partial charge is 0.236 e. The lowest BCUT2D eigenvalue weighted by molar-refractivity contribution is -0.122. The molecule has 4 heteroatoms. The molecule has 3 nitrogen and oxygen atoms in total. The maximum absolute atomic E-state index is 11.2. The van der Waals surface area contributed by atoms with Gasteiger partial charge in [0.2, 0.25) is 5.91 Å². The van der Waals surface area contributed by atoms with Gasteiger partial charge in [-0.1, -0.05) is 0 Å². The van der Waals surface area contributed by atoms with Crippen molar-refractivity contribution in [2.45, 2.75) is 32.4 Å². The fourth-order valence-corrected chi connectivity index (χ4v) is 1.87. The van der Waals surface area contributed by atoms with Gasteiger partial charge in [-0.15, -0.1) is 0 Å². The average Bonchev–Trinajstić information content (AvgIpc) is 2.56. The van der Waals surface area contributed by atoms with Crippen LogP contribution in [-0.2, 0) is 11.2 Å². The highest BCUT2D eigenvalue weighted by Gasteiger charge is 2.11. The molecule has 1 aromatic rings. The molecular formula is C10H16N2OS. The molecule has 1 amide bonds. The number of hydrogen-bond donors (Lipinski definition) is 2. The Hall–Kier alpha value is -0.870. The first kappa shape index (κ1) is 11.2. The molecular weight excluding hydrogens is 196 g/mol. The van der Waals surface area contributed by atoms with Gasteiger partial charge in [0.15, 0.2) is 0 Å². The molecule has 0 spiro atoms. The first-order valence-electron chi connectivity index (χ1n) is 4.66. The van der Waals surface area contributed by atoms with Crippen molar-refractivity contribution >= 4 is 17.2 Å². The second-order valence-electron chi connectivity index (χ2n) is 3.53. The van der Waals surface area contributed by atoms with Crippen LogP contribution in [-0.4, -0.2) is 18.0 Å². The van der Waals surface area contributed by atoms with Crippen LogP contribution >= 0.6 is 11.3 Å². The van der Waals surface area contributed by atoms with Crippen molar-refractivity contribution < 1.29 is 4.79 Å². The van der Waals surface area contributed by atoms with Crippen molar-refractivity contribution in [3.63, 3.8) is 0 Å². The number of carbonyl (C=O) groups is 1. The molecule has 78 valence electrons. The van der Waals surface area contributed by atoms with Gasteiger partial charge in [0.25, 0.3) is 0 Å². The number of thiophene rings is 1. The maximum atomic E-state index is 11.2. The minimum Gasteiger partial charge on any atom is -0.352 e. The summed E-state index contributed by atoms with van der Waals surface area (Å²) in [5.74, 6) is -0.0901. The normalized spacial score (nSPS) is 14.8. The Morgan fingerprint density at radius 3 is 2.86 bits per heavy atom. The molecule has 0 fully saturated rings. The summed E-state index contributed by atoms with van der Waals surface area (Å²) in [5.41, 5.74) is 6.70. The highest BCUT2D eigenvalue weighted by molar-refractivity contribution is 7.07. The van der Waals surface area contributed by atoms with E-state index in [4.69, 9.17) is 5.73 Å². The summed E-state index contributed by atoms with van der Waals surface area (Å²) in [6, 6.07) is 1.78. The summed E-state index contributed by atoms with van der Waals surface area (Å²) in [4.78, 5) is 11.2. The van der Waals surface area contributed by atoms with E-state index in [0.717, 1.165) is 6.42 Å². The molecule has 14 heavy (non-hydrogen) atoms. The third kappa shape index (κ3) is 3.47. The Morgan fingerprint density at radius 1 is 1.64 bits per heavy atom. The van der Waals surface area contributed by atoms with Gasteiger partial charge in [-0.2, -0.15) is 11.3 Å². The first-order valence-corrected chi connectivity index (χ1v) is 5.61. The summed E-state index contributed by atoms with van der Waals surface area (Å²) in [6.07, 6.45) is 0.863.